The summed E-state index contributed by atoms with van der Waals surface area (Å²) in [5.74, 6) is 0.891. The highest BCUT2D eigenvalue weighted by Gasteiger charge is 2.27. The van der Waals surface area contributed by atoms with Crippen LogP contribution in [-0.2, 0) is 15.7 Å². The van der Waals surface area contributed by atoms with Crippen molar-refractivity contribution in [2.75, 3.05) is 18.8 Å². The molecule has 2 N–H and O–H groups in total. The van der Waals surface area contributed by atoms with Gasteiger partial charge in [0.25, 0.3) is 0 Å². The van der Waals surface area contributed by atoms with Gasteiger partial charge in [0.05, 0.1) is 11.0 Å². The third-order valence-electron chi connectivity index (χ3n) is 2.67. The Morgan fingerprint density at radius 3 is 2.35 bits per heavy atom. The number of carbonyl (C=O) groups is 1. The lowest BCUT2D eigenvalue weighted by molar-refractivity contribution is 0.0191. The van der Waals surface area contributed by atoms with Gasteiger partial charge in [-0.2, -0.15) is 0 Å². The summed E-state index contributed by atoms with van der Waals surface area (Å²) in [4.78, 5) is 13.5. The molecule has 1 fully saturated rings. The molecule has 1 atom stereocenters. The van der Waals surface area contributed by atoms with E-state index < -0.39 is 16.6 Å². The molecular formula is C11H22N2O3S. The van der Waals surface area contributed by atoms with Gasteiger partial charge in [-0.05, 0) is 39.5 Å². The fourth-order valence-corrected chi connectivity index (χ4v) is 2.64. The summed E-state index contributed by atoms with van der Waals surface area (Å²) in [5, 5.41) is 5.27. The van der Waals surface area contributed by atoms with E-state index in [4.69, 9.17) is 9.88 Å². The third kappa shape index (κ3) is 5.50. The Morgan fingerprint density at radius 2 is 1.94 bits per heavy atom. The minimum absolute atomic E-state index is 0.259. The summed E-state index contributed by atoms with van der Waals surface area (Å²) in [6.07, 6.45) is 1.44. The van der Waals surface area contributed by atoms with E-state index in [9.17, 15) is 9.00 Å². The zero-order chi connectivity index (χ0) is 13.1. The molecule has 0 aliphatic carbocycles. The number of nitrogens with zero attached hydrogens (tertiary/aromatic N) is 1. The van der Waals surface area contributed by atoms with Crippen molar-refractivity contribution in [3.05, 3.63) is 0 Å². The molecule has 0 radical (unpaired) electrons. The van der Waals surface area contributed by atoms with Crippen LogP contribution in [0.1, 0.15) is 33.6 Å². The summed E-state index contributed by atoms with van der Waals surface area (Å²) in [6.45, 7) is 6.90. The molecule has 0 aromatic heterocycles. The molecule has 17 heavy (non-hydrogen) atoms. The fraction of sp³-hybridized carbons (Fsp3) is 0.909. The Labute approximate surface area is 105 Å². The maximum Gasteiger partial charge on any atom is 0.410 e. The van der Waals surface area contributed by atoms with Crippen LogP contribution in [0.25, 0.3) is 0 Å². The van der Waals surface area contributed by atoms with Gasteiger partial charge in [-0.3, -0.25) is 5.14 Å². The first-order valence-electron chi connectivity index (χ1n) is 5.88. The second kappa shape index (κ2) is 5.82. The lowest BCUT2D eigenvalue weighted by Gasteiger charge is -2.33. The van der Waals surface area contributed by atoms with Gasteiger partial charge in [-0.1, -0.05) is 0 Å². The normalized spacial score (nSPS) is 20.1. The number of likely N-dealkylation sites (tertiary alicyclic amines) is 1. The molecule has 0 spiro atoms. The highest BCUT2D eigenvalue weighted by Crippen LogP contribution is 2.19. The Balaban J connectivity index is 2.36. The first-order valence-corrected chi connectivity index (χ1v) is 7.27. The van der Waals surface area contributed by atoms with Crippen molar-refractivity contribution in [2.24, 2.45) is 11.1 Å². The molecule has 0 aromatic rings. The van der Waals surface area contributed by atoms with E-state index in [0.29, 0.717) is 24.8 Å². The molecule has 6 heteroatoms. The summed E-state index contributed by atoms with van der Waals surface area (Å²) in [7, 11) is -1.24. The van der Waals surface area contributed by atoms with Gasteiger partial charge in [0, 0.05) is 18.8 Å². The van der Waals surface area contributed by atoms with Gasteiger partial charge < -0.3 is 9.64 Å². The summed E-state index contributed by atoms with van der Waals surface area (Å²) in [6, 6.07) is 0. The predicted octanol–water partition coefficient (Wildman–Crippen LogP) is 1.26. The molecular weight excluding hydrogens is 240 g/mol. The van der Waals surface area contributed by atoms with Crippen molar-refractivity contribution in [1.82, 2.24) is 4.90 Å². The first-order chi connectivity index (χ1) is 7.78. The summed E-state index contributed by atoms with van der Waals surface area (Å²) >= 11 is 0. The highest BCUT2D eigenvalue weighted by atomic mass is 32.2. The molecule has 0 unspecified atom stereocenters. The van der Waals surface area contributed by atoms with Crippen molar-refractivity contribution in [3.63, 3.8) is 0 Å². The molecule has 1 heterocycles. The minimum atomic E-state index is -1.24. The SMILES string of the molecule is CC(C)(C)OC(=O)N1CCC(C[S@](N)=O)CC1. The van der Waals surface area contributed by atoms with Crippen LogP contribution in [0, 0.1) is 5.92 Å². The number of nitrogens with two attached hydrogens (primary N) is 1. The van der Waals surface area contributed by atoms with Crippen molar-refractivity contribution in [1.29, 1.82) is 0 Å². The smallest absolute Gasteiger partial charge is 0.410 e. The van der Waals surface area contributed by atoms with Crippen LogP contribution in [0.15, 0.2) is 0 Å². The van der Waals surface area contributed by atoms with E-state index in [-0.39, 0.29) is 6.09 Å². The number of hydrogen-bond donors (Lipinski definition) is 1. The van der Waals surface area contributed by atoms with E-state index in [2.05, 4.69) is 0 Å². The first kappa shape index (κ1) is 14.4. The molecule has 1 aliphatic heterocycles. The van der Waals surface area contributed by atoms with Gasteiger partial charge in [0.15, 0.2) is 0 Å². The van der Waals surface area contributed by atoms with Crippen LogP contribution in [0.3, 0.4) is 0 Å². The second-order valence-corrected chi connectivity index (χ2v) is 6.55. The zero-order valence-electron chi connectivity index (χ0n) is 10.8. The van der Waals surface area contributed by atoms with Crippen molar-refractivity contribution >= 4 is 17.1 Å². The number of carbonyl (C=O) groups excluding carboxylic acids is 1. The zero-order valence-corrected chi connectivity index (χ0v) is 11.6. The molecule has 0 saturated carbocycles. The van der Waals surface area contributed by atoms with Crippen LogP contribution in [-0.4, -0.2) is 39.6 Å². The van der Waals surface area contributed by atoms with Gasteiger partial charge in [-0.15, -0.1) is 0 Å². The van der Waals surface area contributed by atoms with Gasteiger partial charge >= 0.3 is 6.09 Å². The van der Waals surface area contributed by atoms with E-state index in [1.807, 2.05) is 20.8 Å². The standard InChI is InChI=1S/C11H22N2O3S/c1-11(2,3)16-10(14)13-6-4-9(5-7-13)8-17(12)15/h9H,4-8,12H2,1-3H3/t17-/m1/s1. The van der Waals surface area contributed by atoms with Crippen LogP contribution in [0.4, 0.5) is 4.79 Å². The quantitative estimate of drug-likeness (QED) is 0.814. The molecule has 1 rings (SSSR count). The average Bonchev–Trinajstić information content (AvgIpc) is 2.15. The summed E-state index contributed by atoms with van der Waals surface area (Å²) in [5.41, 5.74) is -0.452. The lowest BCUT2D eigenvalue weighted by Crippen LogP contribution is -2.42. The van der Waals surface area contributed by atoms with E-state index >= 15 is 0 Å². The maximum atomic E-state index is 11.8. The Morgan fingerprint density at radius 1 is 1.41 bits per heavy atom. The number of hydrogen-bond acceptors (Lipinski definition) is 3. The molecule has 1 aliphatic rings. The molecule has 100 valence electrons. The molecule has 0 aromatic carbocycles. The molecule has 1 saturated heterocycles. The van der Waals surface area contributed by atoms with Crippen molar-refractivity contribution in [3.8, 4) is 0 Å². The Hall–Kier alpha value is -0.620. The average molecular weight is 262 g/mol. The monoisotopic (exact) mass is 262 g/mol. The van der Waals surface area contributed by atoms with E-state index in [0.717, 1.165) is 12.8 Å². The molecule has 1 amide bonds. The fourth-order valence-electron chi connectivity index (χ4n) is 1.84. The number of amides is 1. The number of ether oxygens (including phenoxy) is 1. The van der Waals surface area contributed by atoms with Gasteiger partial charge in [-0.25, -0.2) is 9.00 Å². The predicted molar refractivity (Wildman–Crippen MR) is 67.7 cm³/mol. The Kier molecular flexibility index (Phi) is 4.94. The Bertz CT molecular complexity index is 294. The van der Waals surface area contributed by atoms with Crippen LogP contribution < -0.4 is 5.14 Å². The summed E-state index contributed by atoms with van der Waals surface area (Å²) < 4.78 is 16.2. The van der Waals surface area contributed by atoms with E-state index in [1.54, 1.807) is 4.90 Å². The lowest BCUT2D eigenvalue weighted by atomic mass is 9.99. The molecule has 5 nitrogen and oxygen atoms in total. The van der Waals surface area contributed by atoms with Gasteiger partial charge in [0.2, 0.25) is 0 Å². The van der Waals surface area contributed by atoms with Crippen LogP contribution >= 0.6 is 0 Å². The number of piperidine rings is 1. The van der Waals surface area contributed by atoms with Gasteiger partial charge in [0.1, 0.15) is 5.60 Å². The van der Waals surface area contributed by atoms with E-state index in [1.165, 1.54) is 0 Å². The van der Waals surface area contributed by atoms with Crippen LogP contribution in [0.2, 0.25) is 0 Å². The van der Waals surface area contributed by atoms with Crippen molar-refractivity contribution < 1.29 is 13.7 Å². The topological polar surface area (TPSA) is 72.6 Å². The largest absolute Gasteiger partial charge is 0.444 e. The van der Waals surface area contributed by atoms with Crippen molar-refractivity contribution in [2.45, 2.75) is 39.2 Å². The number of rotatable bonds is 2. The maximum absolute atomic E-state index is 11.8. The third-order valence-corrected chi connectivity index (χ3v) is 3.47. The highest BCUT2D eigenvalue weighted by molar-refractivity contribution is 7.82. The molecule has 0 bridgehead atoms. The minimum Gasteiger partial charge on any atom is -0.444 e. The second-order valence-electron chi connectivity index (χ2n) is 5.46. The van der Waals surface area contributed by atoms with Crippen LogP contribution in [0.5, 0.6) is 0 Å².